The minimum absolute atomic E-state index is 0.198. The van der Waals surface area contributed by atoms with Crippen LogP contribution in [-0.4, -0.2) is 5.91 Å². The Kier molecular flexibility index (Phi) is 9.53. The van der Waals surface area contributed by atoms with Gasteiger partial charge in [0.2, 0.25) is 0 Å². The highest BCUT2D eigenvalue weighted by Gasteiger charge is 2.03. The highest BCUT2D eigenvalue weighted by molar-refractivity contribution is 5.93. The van der Waals surface area contributed by atoms with Gasteiger partial charge in [-0.3, -0.25) is 4.79 Å². The van der Waals surface area contributed by atoms with Crippen molar-refractivity contribution in [2.75, 3.05) is 0 Å². The summed E-state index contributed by atoms with van der Waals surface area (Å²) >= 11 is 0. The van der Waals surface area contributed by atoms with Crippen molar-refractivity contribution in [3.63, 3.8) is 0 Å². The third-order valence-electron chi connectivity index (χ3n) is 1.57. The smallest absolute Gasteiger partial charge is 0.250 e. The van der Waals surface area contributed by atoms with E-state index in [1.165, 1.54) is 0 Å². The van der Waals surface area contributed by atoms with Crippen LogP contribution in [0, 0.1) is 0 Å². The fourth-order valence-corrected chi connectivity index (χ4v) is 0.650. The number of carbonyl (C=O) groups excluding carboxylic acids is 1. The molecule has 0 bridgehead atoms. The van der Waals surface area contributed by atoms with Gasteiger partial charge in [0.1, 0.15) is 0 Å². The molecule has 0 saturated carbocycles. The van der Waals surface area contributed by atoms with Crippen molar-refractivity contribution in [3.8, 4) is 0 Å². The third-order valence-corrected chi connectivity index (χ3v) is 1.57. The maximum Gasteiger partial charge on any atom is 0.250 e. The molecule has 0 heterocycles. The van der Waals surface area contributed by atoms with Crippen LogP contribution in [-0.2, 0) is 4.79 Å². The Balaban J connectivity index is 0. The van der Waals surface area contributed by atoms with Crippen LogP contribution in [0.2, 0.25) is 0 Å². The first-order valence-corrected chi connectivity index (χ1v) is 4.95. The van der Waals surface area contributed by atoms with E-state index >= 15 is 0 Å². The zero-order chi connectivity index (χ0) is 12.4. The Morgan fingerprint density at radius 1 is 1.13 bits per heavy atom. The van der Waals surface area contributed by atoms with E-state index < -0.39 is 0 Å². The Labute approximate surface area is 93.1 Å². The van der Waals surface area contributed by atoms with E-state index in [4.69, 9.17) is 0 Å². The molecule has 0 unspecified atom stereocenters. The van der Waals surface area contributed by atoms with Crippen LogP contribution >= 0.6 is 0 Å². The molecule has 15 heavy (non-hydrogen) atoms. The highest BCUT2D eigenvalue weighted by Crippen LogP contribution is 2.03. The lowest BCUT2D eigenvalue weighted by molar-refractivity contribution is -0.116. The summed E-state index contributed by atoms with van der Waals surface area (Å²) in [6.07, 6.45) is 3.24. The first-order chi connectivity index (χ1) is 7.02. The minimum Gasteiger partial charge on any atom is -0.322 e. The molecule has 0 aromatic carbocycles. The molecular weight excluding hydrogens is 186 g/mol. The van der Waals surface area contributed by atoms with Gasteiger partial charge in [0.05, 0.1) is 0 Å². The Morgan fingerprint density at radius 2 is 1.60 bits per heavy atom. The maximum absolute atomic E-state index is 11.2. The average Bonchev–Trinajstić information content (AvgIpc) is 2.26. The van der Waals surface area contributed by atoms with Crippen molar-refractivity contribution in [3.05, 3.63) is 48.7 Å². The molecule has 0 aromatic rings. The molecular formula is C13H21NO. The molecule has 1 N–H and O–H groups in total. The average molecular weight is 207 g/mol. The lowest BCUT2D eigenvalue weighted by Gasteiger charge is -2.07. The number of hydrogen-bond acceptors (Lipinski definition) is 1. The number of nitrogens with one attached hydrogen (secondary N) is 1. The van der Waals surface area contributed by atoms with Crippen LogP contribution in [0.5, 0.6) is 0 Å². The summed E-state index contributed by atoms with van der Waals surface area (Å²) in [5, 5.41) is 2.67. The van der Waals surface area contributed by atoms with E-state index in [1.54, 1.807) is 19.1 Å². The van der Waals surface area contributed by atoms with E-state index in [9.17, 15) is 4.79 Å². The fraction of sp³-hybridized carbons (Fsp3) is 0.308. The number of allylic oxidation sites excluding steroid dienone is 3. The summed E-state index contributed by atoms with van der Waals surface area (Å²) in [5.74, 6) is -0.198. The van der Waals surface area contributed by atoms with Gasteiger partial charge in [0.25, 0.3) is 5.91 Å². The topological polar surface area (TPSA) is 29.1 Å². The van der Waals surface area contributed by atoms with Crippen molar-refractivity contribution in [2.24, 2.45) is 0 Å². The molecule has 0 aliphatic carbocycles. The van der Waals surface area contributed by atoms with E-state index in [0.29, 0.717) is 11.3 Å². The molecule has 0 fully saturated rings. The van der Waals surface area contributed by atoms with Crippen molar-refractivity contribution < 1.29 is 4.79 Å². The summed E-state index contributed by atoms with van der Waals surface area (Å²) in [5.41, 5.74) is 2.02. The highest BCUT2D eigenvalue weighted by atomic mass is 16.1. The number of hydrogen-bond donors (Lipinski definition) is 1. The van der Waals surface area contributed by atoms with Crippen LogP contribution in [0.25, 0.3) is 0 Å². The van der Waals surface area contributed by atoms with Gasteiger partial charge in [-0.05, 0) is 25.5 Å². The second-order valence-corrected chi connectivity index (χ2v) is 2.74. The molecule has 0 aliphatic heterocycles. The fourth-order valence-electron chi connectivity index (χ4n) is 0.650. The van der Waals surface area contributed by atoms with E-state index in [2.05, 4.69) is 25.1 Å². The van der Waals surface area contributed by atoms with Crippen LogP contribution < -0.4 is 5.32 Å². The predicted octanol–water partition coefficient (Wildman–Crippen LogP) is 3.35. The molecule has 0 aromatic heterocycles. The van der Waals surface area contributed by atoms with Gasteiger partial charge in [-0.1, -0.05) is 39.7 Å². The van der Waals surface area contributed by atoms with Gasteiger partial charge in [-0.2, -0.15) is 0 Å². The molecule has 1 amide bonds. The molecule has 0 radical (unpaired) electrons. The quantitative estimate of drug-likeness (QED) is 0.556. The molecule has 0 aliphatic rings. The Morgan fingerprint density at radius 3 is 1.87 bits per heavy atom. The van der Waals surface area contributed by atoms with Crippen molar-refractivity contribution in [2.45, 2.75) is 27.7 Å². The summed E-state index contributed by atoms with van der Waals surface area (Å²) in [6, 6.07) is 0. The van der Waals surface area contributed by atoms with Gasteiger partial charge in [-0.15, -0.1) is 0 Å². The van der Waals surface area contributed by atoms with Crippen molar-refractivity contribution in [1.29, 1.82) is 0 Å². The third kappa shape index (κ3) is 6.49. The molecule has 0 rings (SSSR count). The molecule has 0 spiro atoms. The first-order valence-electron chi connectivity index (χ1n) is 4.95. The van der Waals surface area contributed by atoms with Crippen molar-refractivity contribution in [1.82, 2.24) is 5.32 Å². The number of amides is 1. The Hall–Kier alpha value is -1.57. The standard InChI is InChI=1S/C11H15NO.C2H6/c1-6-9(5)10(7-2)12-11(13)8(3)4;1-2/h6-7H,1-3H2,4-5H3,(H,12,13);1-2H3/b10-9+;. The van der Waals surface area contributed by atoms with E-state index in [0.717, 1.165) is 5.57 Å². The van der Waals surface area contributed by atoms with Gasteiger partial charge < -0.3 is 5.32 Å². The van der Waals surface area contributed by atoms with Gasteiger partial charge in [0, 0.05) is 11.3 Å². The second kappa shape index (κ2) is 9.00. The van der Waals surface area contributed by atoms with Crippen LogP contribution in [0.3, 0.4) is 0 Å². The molecule has 2 nitrogen and oxygen atoms in total. The van der Waals surface area contributed by atoms with Gasteiger partial charge in [0.15, 0.2) is 0 Å². The SMILES string of the molecule is C=C/C(C)=C(\C=C)NC(=O)C(=C)C.CC. The largest absolute Gasteiger partial charge is 0.322 e. The molecule has 84 valence electrons. The number of carbonyl (C=O) groups is 1. The Bertz CT molecular complexity index is 285. The van der Waals surface area contributed by atoms with Gasteiger partial charge in [-0.25, -0.2) is 0 Å². The van der Waals surface area contributed by atoms with E-state index in [1.807, 2.05) is 20.8 Å². The minimum atomic E-state index is -0.198. The first kappa shape index (κ1) is 15.9. The van der Waals surface area contributed by atoms with Crippen LogP contribution in [0.15, 0.2) is 48.7 Å². The normalized spacial score (nSPS) is 10.1. The van der Waals surface area contributed by atoms with E-state index in [-0.39, 0.29) is 5.91 Å². The molecule has 0 saturated heterocycles. The predicted molar refractivity (Wildman–Crippen MR) is 67.4 cm³/mol. The van der Waals surface area contributed by atoms with Crippen LogP contribution in [0.4, 0.5) is 0 Å². The summed E-state index contributed by atoms with van der Waals surface area (Å²) in [4.78, 5) is 11.2. The zero-order valence-corrected chi connectivity index (χ0v) is 10.2. The molecule has 2 heteroatoms. The zero-order valence-electron chi connectivity index (χ0n) is 10.2. The second-order valence-electron chi connectivity index (χ2n) is 2.74. The number of rotatable bonds is 4. The van der Waals surface area contributed by atoms with Crippen LogP contribution in [0.1, 0.15) is 27.7 Å². The maximum atomic E-state index is 11.2. The summed E-state index contributed by atoms with van der Waals surface area (Å²) < 4.78 is 0. The van der Waals surface area contributed by atoms with Gasteiger partial charge >= 0.3 is 0 Å². The molecule has 0 atom stereocenters. The summed E-state index contributed by atoms with van der Waals surface area (Å²) in [6.45, 7) is 18.2. The summed E-state index contributed by atoms with van der Waals surface area (Å²) in [7, 11) is 0. The lowest BCUT2D eigenvalue weighted by Crippen LogP contribution is -2.22. The monoisotopic (exact) mass is 207 g/mol. The lowest BCUT2D eigenvalue weighted by atomic mass is 10.2. The van der Waals surface area contributed by atoms with Crippen molar-refractivity contribution >= 4 is 5.91 Å².